The Morgan fingerprint density at radius 3 is 2.12 bits per heavy atom. The van der Waals surface area contributed by atoms with E-state index in [-0.39, 0.29) is 6.61 Å². The van der Waals surface area contributed by atoms with Crippen LogP contribution < -0.4 is 4.72 Å². The van der Waals surface area contributed by atoms with E-state index in [9.17, 15) is 8.42 Å². The van der Waals surface area contributed by atoms with E-state index >= 15 is 0 Å². The van der Waals surface area contributed by atoms with Gasteiger partial charge < -0.3 is 5.11 Å². The summed E-state index contributed by atoms with van der Waals surface area (Å²) < 4.78 is 26.7. The molecule has 0 heterocycles. The van der Waals surface area contributed by atoms with Crippen LogP contribution in [-0.4, -0.2) is 26.2 Å². The van der Waals surface area contributed by atoms with E-state index in [4.69, 9.17) is 5.11 Å². The van der Waals surface area contributed by atoms with E-state index in [0.717, 1.165) is 16.7 Å². The van der Waals surface area contributed by atoms with E-state index in [0.29, 0.717) is 4.90 Å². The summed E-state index contributed by atoms with van der Waals surface area (Å²) in [6, 6.07) is 3.19. The second-order valence-corrected chi connectivity index (χ2v) is 6.08. The lowest BCUT2D eigenvalue weighted by Gasteiger charge is -2.15. The van der Waals surface area contributed by atoms with E-state index in [1.165, 1.54) is 0 Å². The third-order valence-electron chi connectivity index (χ3n) is 2.50. The average Bonchev–Trinajstić information content (AvgIpc) is 2.14. The van der Waals surface area contributed by atoms with Crippen LogP contribution in [0.15, 0.2) is 17.0 Å². The number of hydrogen-bond donors (Lipinski definition) is 2. The number of sulfonamides is 1. The van der Waals surface area contributed by atoms with Gasteiger partial charge >= 0.3 is 0 Å². The standard InChI is InChI=1S/C12H19NO3S/c1-8-5-9(2)12(10(3)6-8)17(15,16)13-11(4)7-14/h5-6,11,13-14H,7H2,1-4H3/t11-/m1/s1. The molecule has 0 radical (unpaired) electrons. The Kier molecular flexibility index (Phi) is 4.30. The lowest BCUT2D eigenvalue weighted by molar-refractivity contribution is 0.265. The molecule has 17 heavy (non-hydrogen) atoms. The number of hydrogen-bond acceptors (Lipinski definition) is 3. The molecule has 0 saturated heterocycles. The molecule has 0 aliphatic rings. The van der Waals surface area contributed by atoms with Crippen molar-refractivity contribution in [2.75, 3.05) is 6.61 Å². The van der Waals surface area contributed by atoms with Crippen LogP contribution in [-0.2, 0) is 10.0 Å². The summed E-state index contributed by atoms with van der Waals surface area (Å²) >= 11 is 0. The van der Waals surface area contributed by atoms with Crippen molar-refractivity contribution in [1.82, 2.24) is 4.72 Å². The summed E-state index contributed by atoms with van der Waals surface area (Å²) in [7, 11) is -3.56. The van der Waals surface area contributed by atoms with E-state index in [2.05, 4.69) is 4.72 Å². The van der Waals surface area contributed by atoms with Gasteiger partial charge in [-0.2, -0.15) is 0 Å². The van der Waals surface area contributed by atoms with Gasteiger partial charge in [-0.1, -0.05) is 17.7 Å². The van der Waals surface area contributed by atoms with Gasteiger partial charge in [-0.25, -0.2) is 13.1 Å². The van der Waals surface area contributed by atoms with Gasteiger partial charge in [0, 0.05) is 6.04 Å². The zero-order chi connectivity index (χ0) is 13.2. The van der Waals surface area contributed by atoms with Crippen molar-refractivity contribution in [3.63, 3.8) is 0 Å². The normalized spacial score (nSPS) is 13.7. The predicted molar refractivity (Wildman–Crippen MR) is 67.5 cm³/mol. The Balaban J connectivity index is 3.25. The molecule has 0 bridgehead atoms. The van der Waals surface area contributed by atoms with Crippen molar-refractivity contribution in [1.29, 1.82) is 0 Å². The van der Waals surface area contributed by atoms with Crippen LogP contribution >= 0.6 is 0 Å². The molecular weight excluding hydrogens is 238 g/mol. The number of nitrogens with one attached hydrogen (secondary N) is 1. The number of rotatable bonds is 4. The highest BCUT2D eigenvalue weighted by Crippen LogP contribution is 2.21. The van der Waals surface area contributed by atoms with Crippen LogP contribution in [0.1, 0.15) is 23.6 Å². The Labute approximate surface area is 103 Å². The van der Waals surface area contributed by atoms with Crippen LogP contribution in [0.2, 0.25) is 0 Å². The van der Waals surface area contributed by atoms with Crippen molar-refractivity contribution >= 4 is 10.0 Å². The minimum atomic E-state index is -3.56. The third kappa shape index (κ3) is 3.28. The fourth-order valence-corrected chi connectivity index (χ4v) is 3.64. The molecule has 0 spiro atoms. The average molecular weight is 257 g/mol. The van der Waals surface area contributed by atoms with Gasteiger partial charge in [-0.05, 0) is 38.8 Å². The largest absolute Gasteiger partial charge is 0.395 e. The Bertz CT molecular complexity index is 485. The highest BCUT2D eigenvalue weighted by atomic mass is 32.2. The summed E-state index contributed by atoms with van der Waals surface area (Å²) in [5.74, 6) is 0. The zero-order valence-corrected chi connectivity index (χ0v) is 11.4. The number of aliphatic hydroxyl groups is 1. The van der Waals surface area contributed by atoms with Crippen molar-refractivity contribution < 1.29 is 13.5 Å². The molecule has 4 nitrogen and oxygen atoms in total. The van der Waals surface area contributed by atoms with Gasteiger partial charge in [0.1, 0.15) is 0 Å². The first-order valence-corrected chi connectivity index (χ1v) is 6.97. The molecule has 0 aliphatic carbocycles. The summed E-state index contributed by atoms with van der Waals surface area (Å²) in [5, 5.41) is 8.90. The van der Waals surface area contributed by atoms with E-state index in [1.807, 2.05) is 19.1 Å². The molecule has 1 aromatic rings. The summed E-state index contributed by atoms with van der Waals surface area (Å²) in [6.07, 6.45) is 0. The van der Waals surface area contributed by atoms with Crippen LogP contribution in [0.4, 0.5) is 0 Å². The van der Waals surface area contributed by atoms with Crippen molar-refractivity contribution in [2.45, 2.75) is 38.6 Å². The minimum absolute atomic E-state index is 0.219. The molecule has 96 valence electrons. The molecule has 0 aromatic heterocycles. The maximum Gasteiger partial charge on any atom is 0.241 e. The van der Waals surface area contributed by atoms with Gasteiger partial charge in [0.2, 0.25) is 10.0 Å². The molecule has 2 N–H and O–H groups in total. The molecule has 0 aliphatic heterocycles. The quantitative estimate of drug-likeness (QED) is 0.853. The molecule has 1 atom stereocenters. The van der Waals surface area contributed by atoms with Crippen LogP contribution in [0.25, 0.3) is 0 Å². The van der Waals surface area contributed by atoms with Gasteiger partial charge in [0.05, 0.1) is 11.5 Å². The predicted octanol–water partition coefficient (Wildman–Crippen LogP) is 1.27. The molecule has 0 amide bonds. The Hall–Kier alpha value is -0.910. The monoisotopic (exact) mass is 257 g/mol. The minimum Gasteiger partial charge on any atom is -0.395 e. The highest BCUT2D eigenvalue weighted by molar-refractivity contribution is 7.89. The Morgan fingerprint density at radius 2 is 1.71 bits per heavy atom. The fourth-order valence-electron chi connectivity index (χ4n) is 1.95. The van der Waals surface area contributed by atoms with Crippen LogP contribution in [0, 0.1) is 20.8 Å². The molecule has 1 aromatic carbocycles. The SMILES string of the molecule is Cc1cc(C)c(S(=O)(=O)N[C@H](C)CO)c(C)c1. The number of aliphatic hydroxyl groups excluding tert-OH is 1. The molecule has 0 fully saturated rings. The van der Waals surface area contributed by atoms with Crippen molar-refractivity contribution in [3.8, 4) is 0 Å². The lowest BCUT2D eigenvalue weighted by atomic mass is 10.1. The van der Waals surface area contributed by atoms with Gasteiger partial charge in [-0.15, -0.1) is 0 Å². The van der Waals surface area contributed by atoms with Crippen LogP contribution in [0.3, 0.4) is 0 Å². The molecule has 1 rings (SSSR count). The molecule has 5 heteroatoms. The molecular formula is C12H19NO3S. The van der Waals surface area contributed by atoms with E-state index < -0.39 is 16.1 Å². The first-order valence-electron chi connectivity index (χ1n) is 5.49. The smallest absolute Gasteiger partial charge is 0.241 e. The second-order valence-electron chi connectivity index (χ2n) is 4.43. The topological polar surface area (TPSA) is 66.4 Å². The van der Waals surface area contributed by atoms with Gasteiger partial charge in [0.15, 0.2) is 0 Å². The third-order valence-corrected chi connectivity index (χ3v) is 4.40. The number of benzene rings is 1. The van der Waals surface area contributed by atoms with E-state index in [1.54, 1.807) is 20.8 Å². The van der Waals surface area contributed by atoms with Crippen molar-refractivity contribution in [3.05, 3.63) is 28.8 Å². The molecule has 0 unspecified atom stereocenters. The van der Waals surface area contributed by atoms with Crippen LogP contribution in [0.5, 0.6) is 0 Å². The summed E-state index contributed by atoms with van der Waals surface area (Å²) in [6.45, 7) is 6.89. The van der Waals surface area contributed by atoms with Gasteiger partial charge in [-0.3, -0.25) is 0 Å². The zero-order valence-electron chi connectivity index (χ0n) is 10.6. The molecule has 0 saturated carbocycles. The summed E-state index contributed by atoms with van der Waals surface area (Å²) in [5.41, 5.74) is 2.48. The maximum atomic E-state index is 12.1. The second kappa shape index (κ2) is 5.16. The Morgan fingerprint density at radius 1 is 1.24 bits per heavy atom. The van der Waals surface area contributed by atoms with Crippen molar-refractivity contribution in [2.24, 2.45) is 0 Å². The first-order chi connectivity index (χ1) is 7.77. The lowest BCUT2D eigenvalue weighted by Crippen LogP contribution is -2.35. The summed E-state index contributed by atoms with van der Waals surface area (Å²) in [4.78, 5) is 0.309. The van der Waals surface area contributed by atoms with Gasteiger partial charge in [0.25, 0.3) is 0 Å². The number of aryl methyl sites for hydroxylation is 3. The maximum absolute atomic E-state index is 12.1. The highest BCUT2D eigenvalue weighted by Gasteiger charge is 2.21. The first kappa shape index (κ1) is 14.2. The fraction of sp³-hybridized carbons (Fsp3) is 0.500.